The topological polar surface area (TPSA) is 84.9 Å². The molecular weight excluding hydrogens is 428 g/mol. The van der Waals surface area contributed by atoms with Crippen LogP contribution < -0.4 is 15.0 Å². The number of benzene rings is 1. The Hall–Kier alpha value is -2.87. The van der Waals surface area contributed by atoms with E-state index in [0.717, 1.165) is 35.3 Å². The molecule has 1 aromatic carbocycles. The van der Waals surface area contributed by atoms with Gasteiger partial charge >= 0.3 is 5.97 Å². The van der Waals surface area contributed by atoms with Crippen LogP contribution in [0.1, 0.15) is 53.6 Å². The minimum atomic E-state index is -0.677. The van der Waals surface area contributed by atoms with Crippen molar-refractivity contribution in [2.75, 3.05) is 23.4 Å². The van der Waals surface area contributed by atoms with Crippen LogP contribution in [0, 0.1) is 12.8 Å². The van der Waals surface area contributed by atoms with Crippen LogP contribution in [0.25, 0.3) is 0 Å². The molecule has 2 atom stereocenters. The number of carbonyl (C=O) groups excluding carboxylic acids is 3. The molecule has 2 aromatic rings. The molecule has 0 bridgehead atoms. The average Bonchev–Trinajstić information content (AvgIpc) is 3.08. The Balaban J connectivity index is 1.60. The van der Waals surface area contributed by atoms with Crippen molar-refractivity contribution in [3.8, 4) is 5.75 Å². The third kappa shape index (κ3) is 4.24. The second kappa shape index (κ2) is 8.94. The second-order valence-corrected chi connectivity index (χ2v) is 9.59. The monoisotopic (exact) mass is 456 g/mol. The second-order valence-electron chi connectivity index (χ2n) is 8.48. The summed E-state index contributed by atoms with van der Waals surface area (Å²) < 4.78 is 11.0. The molecule has 1 aromatic heterocycles. The number of thiophene rings is 1. The van der Waals surface area contributed by atoms with Gasteiger partial charge < -0.3 is 14.8 Å². The summed E-state index contributed by atoms with van der Waals surface area (Å²) in [5, 5.41) is 3.40. The largest absolute Gasteiger partial charge is 0.479 e. The zero-order chi connectivity index (χ0) is 23.0. The van der Waals surface area contributed by atoms with Crippen molar-refractivity contribution in [1.82, 2.24) is 0 Å². The average molecular weight is 457 g/mol. The van der Waals surface area contributed by atoms with Gasteiger partial charge in [-0.15, -0.1) is 11.3 Å². The van der Waals surface area contributed by atoms with Gasteiger partial charge in [-0.2, -0.15) is 0 Å². The number of fused-ring (bicyclic) bond motifs is 2. The highest BCUT2D eigenvalue weighted by Gasteiger charge is 2.34. The number of hydrogen-bond acceptors (Lipinski definition) is 6. The maximum atomic E-state index is 13.0. The Labute approximate surface area is 191 Å². The van der Waals surface area contributed by atoms with E-state index in [9.17, 15) is 14.4 Å². The number of nitrogens with one attached hydrogen (secondary N) is 1. The highest BCUT2D eigenvalue weighted by Crippen LogP contribution is 2.40. The Morgan fingerprint density at radius 1 is 1.31 bits per heavy atom. The van der Waals surface area contributed by atoms with Gasteiger partial charge in [0.25, 0.3) is 5.91 Å². The van der Waals surface area contributed by atoms with Gasteiger partial charge in [0.2, 0.25) is 5.91 Å². The van der Waals surface area contributed by atoms with Crippen LogP contribution >= 0.6 is 11.3 Å². The fraction of sp³-hybridized carbons (Fsp3) is 0.458. The minimum absolute atomic E-state index is 0.162. The van der Waals surface area contributed by atoms with Crippen LogP contribution in [0.15, 0.2) is 18.2 Å². The SMILES string of the molecule is CCOC(=O)c1c(NC(=O)CN2C(=O)C(C)Oc3ccc(C)cc32)sc2c1CCC(C)C2. The number of esters is 1. The van der Waals surface area contributed by atoms with Crippen molar-refractivity contribution in [3.63, 3.8) is 0 Å². The molecule has 1 aliphatic carbocycles. The normalized spacial score (nSPS) is 19.6. The number of anilines is 2. The third-order valence-electron chi connectivity index (χ3n) is 5.87. The van der Waals surface area contributed by atoms with E-state index < -0.39 is 12.1 Å². The van der Waals surface area contributed by atoms with Crippen molar-refractivity contribution in [2.45, 2.75) is 53.1 Å². The molecule has 0 saturated carbocycles. The molecule has 0 spiro atoms. The number of amides is 2. The Bertz CT molecular complexity index is 1080. The summed E-state index contributed by atoms with van der Waals surface area (Å²) >= 11 is 1.44. The fourth-order valence-corrected chi connectivity index (χ4v) is 5.66. The summed E-state index contributed by atoms with van der Waals surface area (Å²) in [5.74, 6) is 0.0578. The van der Waals surface area contributed by atoms with E-state index in [-0.39, 0.29) is 25.0 Å². The van der Waals surface area contributed by atoms with Crippen molar-refractivity contribution in [2.24, 2.45) is 5.92 Å². The quantitative estimate of drug-likeness (QED) is 0.685. The molecule has 170 valence electrons. The maximum Gasteiger partial charge on any atom is 0.341 e. The molecule has 2 heterocycles. The summed E-state index contributed by atoms with van der Waals surface area (Å²) in [5.41, 5.74) is 2.99. The highest BCUT2D eigenvalue weighted by molar-refractivity contribution is 7.17. The molecule has 8 heteroatoms. The van der Waals surface area contributed by atoms with E-state index in [1.807, 2.05) is 25.1 Å². The number of nitrogens with zero attached hydrogens (tertiary/aromatic N) is 1. The van der Waals surface area contributed by atoms with Gasteiger partial charge in [-0.05, 0) is 69.2 Å². The highest BCUT2D eigenvalue weighted by atomic mass is 32.1. The molecule has 1 aliphatic heterocycles. The lowest BCUT2D eigenvalue weighted by Gasteiger charge is -2.32. The number of hydrogen-bond donors (Lipinski definition) is 1. The summed E-state index contributed by atoms with van der Waals surface area (Å²) in [6.07, 6.45) is 2.00. The standard InChI is InChI=1S/C24H28N2O5S/c1-5-30-24(29)21-16-8-6-14(3)11-19(16)32-22(21)25-20(27)12-26-17-10-13(2)7-9-18(17)31-15(4)23(26)28/h7,9-10,14-15H,5-6,8,11-12H2,1-4H3,(H,25,27). The molecular formula is C24H28N2O5S. The van der Waals surface area contributed by atoms with Crippen LogP contribution in [-0.2, 0) is 27.2 Å². The Morgan fingerprint density at radius 2 is 2.09 bits per heavy atom. The summed E-state index contributed by atoms with van der Waals surface area (Å²) in [6, 6.07) is 5.55. The fourth-order valence-electron chi connectivity index (χ4n) is 4.25. The molecule has 32 heavy (non-hydrogen) atoms. The smallest absolute Gasteiger partial charge is 0.341 e. The van der Waals surface area contributed by atoms with Crippen molar-refractivity contribution in [1.29, 1.82) is 0 Å². The number of rotatable bonds is 5. The number of aryl methyl sites for hydroxylation is 1. The number of carbonyl (C=O) groups is 3. The van der Waals surface area contributed by atoms with Crippen molar-refractivity contribution >= 4 is 39.8 Å². The maximum absolute atomic E-state index is 13.0. The van der Waals surface area contributed by atoms with E-state index >= 15 is 0 Å². The number of ether oxygens (including phenoxy) is 2. The molecule has 1 N–H and O–H groups in total. The van der Waals surface area contributed by atoms with Crippen LogP contribution in [-0.4, -0.2) is 37.0 Å². The van der Waals surface area contributed by atoms with Gasteiger partial charge in [-0.25, -0.2) is 4.79 Å². The zero-order valence-corrected chi connectivity index (χ0v) is 19.6. The van der Waals surface area contributed by atoms with E-state index in [1.54, 1.807) is 13.8 Å². The molecule has 0 saturated heterocycles. The molecule has 2 unspecified atom stereocenters. The lowest BCUT2D eigenvalue weighted by Crippen LogP contribution is -2.47. The molecule has 4 rings (SSSR count). The first-order valence-corrected chi connectivity index (χ1v) is 11.8. The summed E-state index contributed by atoms with van der Waals surface area (Å²) in [4.78, 5) is 41.1. The van der Waals surface area contributed by atoms with Gasteiger partial charge in [0.05, 0.1) is 17.9 Å². The first-order chi connectivity index (χ1) is 15.3. The van der Waals surface area contributed by atoms with E-state index in [1.165, 1.54) is 16.2 Å². The van der Waals surface area contributed by atoms with E-state index in [0.29, 0.717) is 27.9 Å². The van der Waals surface area contributed by atoms with Crippen LogP contribution in [0.5, 0.6) is 5.75 Å². The van der Waals surface area contributed by atoms with Gasteiger partial charge in [0, 0.05) is 4.88 Å². The molecule has 2 amide bonds. The Morgan fingerprint density at radius 3 is 2.84 bits per heavy atom. The third-order valence-corrected chi connectivity index (χ3v) is 7.04. The summed E-state index contributed by atoms with van der Waals surface area (Å²) in [7, 11) is 0. The van der Waals surface area contributed by atoms with Gasteiger partial charge in [-0.3, -0.25) is 14.5 Å². The predicted octanol–water partition coefficient (Wildman–Crippen LogP) is 4.11. The molecule has 0 radical (unpaired) electrons. The lowest BCUT2D eigenvalue weighted by molar-refractivity contribution is -0.127. The van der Waals surface area contributed by atoms with Gasteiger partial charge in [0.1, 0.15) is 17.3 Å². The molecule has 0 fully saturated rings. The Kier molecular flexibility index (Phi) is 6.24. The van der Waals surface area contributed by atoms with Crippen LogP contribution in [0.3, 0.4) is 0 Å². The van der Waals surface area contributed by atoms with Gasteiger partial charge in [-0.1, -0.05) is 13.0 Å². The molecule has 2 aliphatic rings. The lowest BCUT2D eigenvalue weighted by atomic mass is 9.88. The van der Waals surface area contributed by atoms with Crippen molar-refractivity contribution in [3.05, 3.63) is 39.8 Å². The van der Waals surface area contributed by atoms with Crippen LogP contribution in [0.4, 0.5) is 10.7 Å². The first-order valence-electron chi connectivity index (χ1n) is 11.0. The van der Waals surface area contributed by atoms with Crippen LogP contribution in [0.2, 0.25) is 0 Å². The van der Waals surface area contributed by atoms with E-state index in [4.69, 9.17) is 9.47 Å². The minimum Gasteiger partial charge on any atom is -0.479 e. The van der Waals surface area contributed by atoms with Crippen molar-refractivity contribution < 1.29 is 23.9 Å². The zero-order valence-electron chi connectivity index (χ0n) is 18.8. The van der Waals surface area contributed by atoms with Gasteiger partial charge in [0.15, 0.2) is 6.10 Å². The predicted molar refractivity (Wildman–Crippen MR) is 124 cm³/mol. The summed E-state index contributed by atoms with van der Waals surface area (Å²) in [6.45, 7) is 7.65. The van der Waals surface area contributed by atoms with E-state index in [2.05, 4.69) is 12.2 Å². The molecule has 7 nitrogen and oxygen atoms in total. The first kappa shape index (κ1) is 22.3.